The lowest BCUT2D eigenvalue weighted by Crippen LogP contribution is -2.46. The fourth-order valence-electron chi connectivity index (χ4n) is 2.34. The molecule has 0 radical (unpaired) electrons. The summed E-state index contributed by atoms with van der Waals surface area (Å²) in [5.41, 5.74) is 1.24. The lowest BCUT2D eigenvalue weighted by Gasteiger charge is -2.32. The molecule has 0 bridgehead atoms. The number of benzene rings is 1. The van der Waals surface area contributed by atoms with Crippen LogP contribution in [0.5, 0.6) is 0 Å². The quantitative estimate of drug-likeness (QED) is 0.700. The molecule has 2 aromatic rings. The second-order valence-corrected chi connectivity index (χ2v) is 5.58. The number of nitrogens with one attached hydrogen (secondary N) is 2. The van der Waals surface area contributed by atoms with Gasteiger partial charge in [-0.25, -0.2) is 4.79 Å². The molecule has 0 aliphatic heterocycles. The number of carbonyl (C=O) groups excluding carboxylic acids is 1. The Morgan fingerprint density at radius 1 is 1.12 bits per heavy atom. The maximum absolute atomic E-state index is 12.2. The summed E-state index contributed by atoms with van der Waals surface area (Å²) in [5, 5.41) is 6.12. The van der Waals surface area contributed by atoms with Gasteiger partial charge in [-0.05, 0) is 50.2 Å². The van der Waals surface area contributed by atoms with E-state index < -0.39 is 5.79 Å². The van der Waals surface area contributed by atoms with Crippen molar-refractivity contribution in [3.63, 3.8) is 0 Å². The van der Waals surface area contributed by atoms with Crippen molar-refractivity contribution in [3.05, 3.63) is 59.4 Å². The Bertz CT molecular complexity index is 659. The largest absolute Gasteiger partial charge is 0.344 e. The van der Waals surface area contributed by atoms with E-state index in [9.17, 15) is 4.79 Å². The number of pyridine rings is 1. The highest BCUT2D eigenvalue weighted by Gasteiger charge is 2.36. The first-order valence-electron chi connectivity index (χ1n) is 8.09. The van der Waals surface area contributed by atoms with Crippen LogP contribution in [0.1, 0.15) is 19.5 Å². The molecule has 134 valence electrons. The lowest BCUT2D eigenvalue weighted by atomic mass is 10.1. The van der Waals surface area contributed by atoms with Crippen molar-refractivity contribution in [2.24, 2.45) is 0 Å². The Balaban J connectivity index is 2.08. The molecule has 0 unspecified atom stereocenters. The summed E-state index contributed by atoms with van der Waals surface area (Å²) in [5.74, 6) is -1.14. The van der Waals surface area contributed by atoms with Crippen molar-refractivity contribution in [2.75, 3.05) is 25.1 Å². The summed E-state index contributed by atoms with van der Waals surface area (Å²) in [6, 6.07) is 11.9. The summed E-state index contributed by atoms with van der Waals surface area (Å²) in [6.45, 7) is 4.67. The zero-order chi connectivity index (χ0) is 18.1. The zero-order valence-electron chi connectivity index (χ0n) is 14.3. The Labute approximate surface area is 152 Å². The highest BCUT2D eigenvalue weighted by atomic mass is 35.5. The minimum atomic E-state index is -1.14. The molecule has 25 heavy (non-hydrogen) atoms. The van der Waals surface area contributed by atoms with Gasteiger partial charge in [0.25, 0.3) is 0 Å². The Kier molecular flexibility index (Phi) is 7.18. The highest BCUT2D eigenvalue weighted by molar-refractivity contribution is 6.30. The fraction of sp³-hybridized carbons (Fsp3) is 0.333. The van der Waals surface area contributed by atoms with E-state index in [0.29, 0.717) is 29.6 Å². The number of anilines is 1. The standard InChI is InChI=1S/C18H22ClN3O3/c1-3-24-18(25-4-2,16-7-5-6-12-20-16)13-21-17(23)22-15-10-8-14(19)9-11-15/h5-12H,3-4,13H2,1-2H3,(H2,21,22,23). The minimum absolute atomic E-state index is 0.116. The van der Waals surface area contributed by atoms with Crippen molar-refractivity contribution in [1.29, 1.82) is 0 Å². The number of urea groups is 1. The fourth-order valence-corrected chi connectivity index (χ4v) is 2.47. The summed E-state index contributed by atoms with van der Waals surface area (Å²) in [6.07, 6.45) is 1.66. The summed E-state index contributed by atoms with van der Waals surface area (Å²) in [7, 11) is 0. The molecule has 0 fully saturated rings. The topological polar surface area (TPSA) is 72.5 Å². The SMILES string of the molecule is CCOC(CNC(=O)Nc1ccc(Cl)cc1)(OCC)c1ccccn1. The Morgan fingerprint density at radius 2 is 1.80 bits per heavy atom. The first-order valence-corrected chi connectivity index (χ1v) is 8.47. The van der Waals surface area contributed by atoms with Gasteiger partial charge in [0, 0.05) is 30.1 Å². The molecule has 0 aliphatic carbocycles. The van der Waals surface area contributed by atoms with Crippen molar-refractivity contribution < 1.29 is 14.3 Å². The number of hydrogen-bond donors (Lipinski definition) is 2. The number of amides is 2. The predicted octanol–water partition coefficient (Wildman–Crippen LogP) is 3.78. The van der Waals surface area contributed by atoms with Crippen LogP contribution < -0.4 is 10.6 Å². The molecular weight excluding hydrogens is 342 g/mol. The molecule has 2 N–H and O–H groups in total. The first kappa shape index (κ1) is 19.2. The van der Waals surface area contributed by atoms with Crippen LogP contribution in [0.2, 0.25) is 5.02 Å². The van der Waals surface area contributed by atoms with E-state index in [2.05, 4.69) is 15.6 Å². The van der Waals surface area contributed by atoms with Gasteiger partial charge in [0.05, 0.1) is 6.54 Å². The molecule has 2 rings (SSSR count). The van der Waals surface area contributed by atoms with Gasteiger partial charge in [-0.1, -0.05) is 17.7 Å². The van der Waals surface area contributed by atoms with Gasteiger partial charge in [-0.2, -0.15) is 0 Å². The van der Waals surface area contributed by atoms with E-state index >= 15 is 0 Å². The van der Waals surface area contributed by atoms with Gasteiger partial charge in [0.2, 0.25) is 5.79 Å². The van der Waals surface area contributed by atoms with Gasteiger partial charge < -0.3 is 20.1 Å². The van der Waals surface area contributed by atoms with Crippen LogP contribution in [-0.2, 0) is 15.3 Å². The molecule has 7 heteroatoms. The second kappa shape index (κ2) is 9.36. The molecule has 0 saturated carbocycles. The number of carbonyl (C=O) groups is 1. The normalized spacial score (nSPS) is 11.2. The highest BCUT2D eigenvalue weighted by Crippen LogP contribution is 2.25. The van der Waals surface area contributed by atoms with Gasteiger partial charge in [-0.3, -0.25) is 4.98 Å². The van der Waals surface area contributed by atoms with Crippen LogP contribution in [0.25, 0.3) is 0 Å². The summed E-state index contributed by atoms with van der Waals surface area (Å²) >= 11 is 5.84. The summed E-state index contributed by atoms with van der Waals surface area (Å²) < 4.78 is 11.7. The Morgan fingerprint density at radius 3 is 2.36 bits per heavy atom. The molecular formula is C18H22ClN3O3. The average Bonchev–Trinajstić information content (AvgIpc) is 2.63. The molecule has 6 nitrogen and oxygen atoms in total. The van der Waals surface area contributed by atoms with Crippen LogP contribution in [0, 0.1) is 0 Å². The predicted molar refractivity (Wildman–Crippen MR) is 97.6 cm³/mol. The minimum Gasteiger partial charge on any atom is -0.344 e. The molecule has 0 saturated heterocycles. The lowest BCUT2D eigenvalue weighted by molar-refractivity contribution is -0.240. The third kappa shape index (κ3) is 5.42. The molecule has 0 aliphatic rings. The van der Waals surface area contributed by atoms with Gasteiger partial charge >= 0.3 is 6.03 Å². The van der Waals surface area contributed by atoms with E-state index in [1.54, 1.807) is 30.5 Å². The Hall–Kier alpha value is -2.15. The second-order valence-electron chi connectivity index (χ2n) is 5.15. The van der Waals surface area contributed by atoms with Gasteiger partial charge in [-0.15, -0.1) is 0 Å². The van der Waals surface area contributed by atoms with E-state index in [1.165, 1.54) is 0 Å². The van der Waals surface area contributed by atoms with Crippen molar-refractivity contribution in [3.8, 4) is 0 Å². The van der Waals surface area contributed by atoms with Crippen molar-refractivity contribution >= 4 is 23.3 Å². The molecule has 1 aromatic heterocycles. The maximum Gasteiger partial charge on any atom is 0.319 e. The third-order valence-corrected chi connectivity index (χ3v) is 3.65. The number of hydrogen-bond acceptors (Lipinski definition) is 4. The maximum atomic E-state index is 12.2. The number of rotatable bonds is 8. The van der Waals surface area contributed by atoms with Crippen LogP contribution >= 0.6 is 11.6 Å². The smallest absolute Gasteiger partial charge is 0.319 e. The summed E-state index contributed by atoms with van der Waals surface area (Å²) in [4.78, 5) is 16.5. The van der Waals surface area contributed by atoms with Crippen LogP contribution in [-0.4, -0.2) is 30.8 Å². The molecule has 0 spiro atoms. The van der Waals surface area contributed by atoms with E-state index in [4.69, 9.17) is 21.1 Å². The number of nitrogens with zero attached hydrogens (tertiary/aromatic N) is 1. The number of halogens is 1. The zero-order valence-corrected chi connectivity index (χ0v) is 15.0. The van der Waals surface area contributed by atoms with Gasteiger partial charge in [0.1, 0.15) is 5.69 Å². The van der Waals surface area contributed by atoms with E-state index in [-0.39, 0.29) is 12.6 Å². The van der Waals surface area contributed by atoms with Crippen LogP contribution in [0.3, 0.4) is 0 Å². The van der Waals surface area contributed by atoms with Crippen molar-refractivity contribution in [1.82, 2.24) is 10.3 Å². The molecule has 2 amide bonds. The first-order chi connectivity index (χ1) is 12.1. The number of aromatic nitrogens is 1. The van der Waals surface area contributed by atoms with E-state index in [1.807, 2.05) is 32.0 Å². The van der Waals surface area contributed by atoms with Gasteiger partial charge in [0.15, 0.2) is 0 Å². The molecule has 0 atom stereocenters. The monoisotopic (exact) mass is 363 g/mol. The third-order valence-electron chi connectivity index (χ3n) is 3.39. The van der Waals surface area contributed by atoms with E-state index in [0.717, 1.165) is 0 Å². The average molecular weight is 364 g/mol. The van der Waals surface area contributed by atoms with Crippen LogP contribution in [0.4, 0.5) is 10.5 Å². The van der Waals surface area contributed by atoms with Crippen LogP contribution in [0.15, 0.2) is 48.7 Å². The molecule has 1 aromatic carbocycles. The van der Waals surface area contributed by atoms with Crippen molar-refractivity contribution in [2.45, 2.75) is 19.6 Å². The number of ether oxygens (including phenoxy) is 2. The molecule has 1 heterocycles.